The molecular weight excluding hydrogens is 204 g/mol. The molecule has 2 nitrogen and oxygen atoms in total. The van der Waals surface area contributed by atoms with Crippen molar-refractivity contribution in [2.45, 2.75) is 45.1 Å². The molecule has 3 heteroatoms. The lowest BCUT2D eigenvalue weighted by Crippen LogP contribution is -2.31. The van der Waals surface area contributed by atoms with Gasteiger partial charge in [0.15, 0.2) is 0 Å². The second kappa shape index (κ2) is 5.61. The predicted molar refractivity (Wildman–Crippen MR) is 65.2 cm³/mol. The molecule has 1 aromatic heterocycles. The Hall–Kier alpha value is -0.410. The fraction of sp³-hybridized carbons (Fsp3) is 0.750. The van der Waals surface area contributed by atoms with E-state index in [1.807, 2.05) is 5.51 Å². The van der Waals surface area contributed by atoms with Crippen molar-refractivity contribution in [1.82, 2.24) is 10.3 Å². The second-order valence-electron chi connectivity index (χ2n) is 4.62. The van der Waals surface area contributed by atoms with E-state index in [4.69, 9.17) is 0 Å². The van der Waals surface area contributed by atoms with E-state index in [0.29, 0.717) is 6.04 Å². The smallest absolute Gasteiger partial charge is 0.0794 e. The van der Waals surface area contributed by atoms with Crippen LogP contribution in [0.25, 0.3) is 0 Å². The van der Waals surface area contributed by atoms with Gasteiger partial charge in [0.2, 0.25) is 0 Å². The Kier molecular flexibility index (Phi) is 4.15. The van der Waals surface area contributed by atoms with E-state index in [2.05, 4.69) is 22.6 Å². The highest BCUT2D eigenvalue weighted by atomic mass is 32.1. The van der Waals surface area contributed by atoms with Crippen molar-refractivity contribution in [2.75, 3.05) is 6.54 Å². The van der Waals surface area contributed by atoms with E-state index in [9.17, 15) is 0 Å². The minimum atomic E-state index is 0.675. The summed E-state index contributed by atoms with van der Waals surface area (Å²) in [6.45, 7) is 3.37. The molecule has 1 N–H and O–H groups in total. The third kappa shape index (κ3) is 3.58. The molecule has 0 bridgehead atoms. The molecule has 1 fully saturated rings. The maximum absolute atomic E-state index is 4.28. The van der Waals surface area contributed by atoms with Crippen LogP contribution >= 0.6 is 11.3 Å². The largest absolute Gasteiger partial charge is 0.314 e. The van der Waals surface area contributed by atoms with Gasteiger partial charge in [-0.05, 0) is 19.3 Å². The number of hydrogen-bond donors (Lipinski definition) is 1. The third-order valence-electron chi connectivity index (χ3n) is 3.27. The zero-order valence-electron chi connectivity index (χ0n) is 9.41. The van der Waals surface area contributed by atoms with E-state index >= 15 is 0 Å². The summed E-state index contributed by atoms with van der Waals surface area (Å²) < 4.78 is 0. The van der Waals surface area contributed by atoms with Crippen molar-refractivity contribution in [3.8, 4) is 0 Å². The molecule has 1 aromatic rings. The maximum Gasteiger partial charge on any atom is 0.0794 e. The van der Waals surface area contributed by atoms with Crippen molar-refractivity contribution in [3.05, 3.63) is 16.6 Å². The molecular formula is C12H20N2S. The molecule has 0 aliphatic heterocycles. The number of hydrogen-bond acceptors (Lipinski definition) is 3. The molecule has 1 atom stereocenters. The SMILES string of the molecule is CC(CC1CCC1)NCCc1cscn1. The first-order valence-corrected chi connectivity index (χ1v) is 6.89. The molecule has 0 amide bonds. The number of thiazole rings is 1. The Morgan fingerprint density at radius 2 is 2.47 bits per heavy atom. The molecule has 0 saturated heterocycles. The van der Waals surface area contributed by atoms with Gasteiger partial charge < -0.3 is 5.32 Å². The standard InChI is InChI=1S/C12H20N2S/c1-10(7-11-3-2-4-11)13-6-5-12-8-15-9-14-12/h8-11,13H,2-7H2,1H3. The lowest BCUT2D eigenvalue weighted by Gasteiger charge is -2.28. The van der Waals surface area contributed by atoms with Crippen molar-refractivity contribution >= 4 is 11.3 Å². The third-order valence-corrected chi connectivity index (χ3v) is 3.90. The summed E-state index contributed by atoms with van der Waals surface area (Å²) in [6, 6.07) is 0.675. The Morgan fingerprint density at radius 1 is 1.60 bits per heavy atom. The van der Waals surface area contributed by atoms with Gasteiger partial charge in [-0.2, -0.15) is 0 Å². The zero-order valence-corrected chi connectivity index (χ0v) is 10.2. The minimum absolute atomic E-state index is 0.675. The van der Waals surface area contributed by atoms with E-state index < -0.39 is 0 Å². The fourth-order valence-corrected chi connectivity index (χ4v) is 2.71. The Labute approximate surface area is 96.1 Å². The van der Waals surface area contributed by atoms with Gasteiger partial charge in [-0.15, -0.1) is 11.3 Å². The summed E-state index contributed by atoms with van der Waals surface area (Å²) in [7, 11) is 0. The molecule has 1 saturated carbocycles. The van der Waals surface area contributed by atoms with E-state index in [1.165, 1.54) is 31.4 Å². The lowest BCUT2D eigenvalue weighted by atomic mass is 9.81. The number of rotatable bonds is 6. The Balaban J connectivity index is 1.56. The molecule has 15 heavy (non-hydrogen) atoms. The van der Waals surface area contributed by atoms with E-state index in [0.717, 1.165) is 18.9 Å². The van der Waals surface area contributed by atoms with Crippen LogP contribution in [0.1, 0.15) is 38.3 Å². The predicted octanol–water partition coefficient (Wildman–Crippen LogP) is 2.85. The summed E-state index contributed by atoms with van der Waals surface area (Å²) in [5.41, 5.74) is 3.14. The second-order valence-corrected chi connectivity index (χ2v) is 5.34. The van der Waals surface area contributed by atoms with Crippen molar-refractivity contribution in [1.29, 1.82) is 0 Å². The van der Waals surface area contributed by atoms with Crippen LogP contribution in [0, 0.1) is 5.92 Å². The summed E-state index contributed by atoms with van der Waals surface area (Å²) >= 11 is 1.68. The first-order valence-electron chi connectivity index (χ1n) is 5.95. The number of aromatic nitrogens is 1. The van der Waals surface area contributed by atoms with Gasteiger partial charge >= 0.3 is 0 Å². The maximum atomic E-state index is 4.28. The van der Waals surface area contributed by atoms with Gasteiger partial charge in [0.05, 0.1) is 11.2 Å². The topological polar surface area (TPSA) is 24.9 Å². The first kappa shape index (κ1) is 11.1. The monoisotopic (exact) mass is 224 g/mol. The quantitative estimate of drug-likeness (QED) is 0.803. The molecule has 1 unspecified atom stereocenters. The highest BCUT2D eigenvalue weighted by Crippen LogP contribution is 2.30. The van der Waals surface area contributed by atoms with Crippen LogP contribution in [0.5, 0.6) is 0 Å². The summed E-state index contributed by atoms with van der Waals surface area (Å²) in [5, 5.41) is 5.72. The van der Waals surface area contributed by atoms with Crippen LogP contribution in [0.2, 0.25) is 0 Å². The first-order chi connectivity index (χ1) is 7.34. The van der Waals surface area contributed by atoms with Crippen LogP contribution in [0.3, 0.4) is 0 Å². The van der Waals surface area contributed by atoms with Gasteiger partial charge in [0, 0.05) is 24.4 Å². The van der Waals surface area contributed by atoms with Crippen molar-refractivity contribution in [2.24, 2.45) is 5.92 Å². The van der Waals surface area contributed by atoms with E-state index in [-0.39, 0.29) is 0 Å². The number of nitrogens with one attached hydrogen (secondary N) is 1. The number of nitrogens with zero attached hydrogens (tertiary/aromatic N) is 1. The minimum Gasteiger partial charge on any atom is -0.314 e. The van der Waals surface area contributed by atoms with Gasteiger partial charge in [-0.25, -0.2) is 4.98 Å². The molecule has 1 aliphatic carbocycles. The van der Waals surface area contributed by atoms with E-state index in [1.54, 1.807) is 11.3 Å². The van der Waals surface area contributed by atoms with Gasteiger partial charge in [-0.1, -0.05) is 19.3 Å². The average molecular weight is 224 g/mol. The highest BCUT2D eigenvalue weighted by Gasteiger charge is 2.19. The average Bonchev–Trinajstić information content (AvgIpc) is 2.64. The van der Waals surface area contributed by atoms with Gasteiger partial charge in [-0.3, -0.25) is 0 Å². The summed E-state index contributed by atoms with van der Waals surface area (Å²) in [4.78, 5) is 4.28. The van der Waals surface area contributed by atoms with Gasteiger partial charge in [0.25, 0.3) is 0 Å². The fourth-order valence-electron chi connectivity index (χ4n) is 2.12. The Morgan fingerprint density at radius 3 is 3.07 bits per heavy atom. The van der Waals surface area contributed by atoms with Crippen LogP contribution in [0.15, 0.2) is 10.9 Å². The highest BCUT2D eigenvalue weighted by molar-refractivity contribution is 7.07. The van der Waals surface area contributed by atoms with Crippen LogP contribution in [0.4, 0.5) is 0 Å². The summed E-state index contributed by atoms with van der Waals surface area (Å²) in [5.74, 6) is 1.01. The van der Waals surface area contributed by atoms with Gasteiger partial charge in [0.1, 0.15) is 0 Å². The lowest BCUT2D eigenvalue weighted by molar-refractivity contribution is 0.266. The van der Waals surface area contributed by atoms with Crippen molar-refractivity contribution in [3.63, 3.8) is 0 Å². The molecule has 1 heterocycles. The normalized spacial score (nSPS) is 18.7. The molecule has 2 rings (SSSR count). The van der Waals surface area contributed by atoms with Crippen LogP contribution in [-0.2, 0) is 6.42 Å². The molecule has 0 spiro atoms. The molecule has 84 valence electrons. The molecule has 0 aromatic carbocycles. The molecule has 0 radical (unpaired) electrons. The zero-order chi connectivity index (χ0) is 10.5. The summed E-state index contributed by atoms with van der Waals surface area (Å²) in [6.07, 6.45) is 6.79. The van der Waals surface area contributed by atoms with Crippen molar-refractivity contribution < 1.29 is 0 Å². The van der Waals surface area contributed by atoms with Crippen LogP contribution < -0.4 is 5.32 Å². The molecule has 1 aliphatic rings. The van der Waals surface area contributed by atoms with Crippen LogP contribution in [-0.4, -0.2) is 17.6 Å². The Bertz CT molecular complexity index is 267.